The van der Waals surface area contributed by atoms with Crippen LogP contribution in [0.15, 0.2) is 41.7 Å². The van der Waals surface area contributed by atoms with Crippen molar-refractivity contribution in [1.82, 2.24) is 25.4 Å². The van der Waals surface area contributed by atoms with Crippen LogP contribution < -0.4 is 15.5 Å². The van der Waals surface area contributed by atoms with Gasteiger partial charge in [0.15, 0.2) is 5.96 Å². The van der Waals surface area contributed by atoms with E-state index in [1.54, 1.807) is 6.33 Å². The van der Waals surface area contributed by atoms with E-state index < -0.39 is 0 Å². The molecule has 2 heterocycles. The van der Waals surface area contributed by atoms with Crippen molar-refractivity contribution in [2.75, 3.05) is 24.5 Å². The van der Waals surface area contributed by atoms with Crippen LogP contribution in [0.2, 0.25) is 0 Å². The summed E-state index contributed by atoms with van der Waals surface area (Å²) in [5.74, 6) is 1.83. The number of hydrogen-bond donors (Lipinski definition) is 2. The lowest BCUT2D eigenvalue weighted by Gasteiger charge is -2.19. The Bertz CT molecular complexity index is 778. The first kappa shape index (κ1) is 22.1. The molecular weight excluding hydrogens is 469 g/mol. The number of benzene rings is 1. The van der Waals surface area contributed by atoms with Crippen molar-refractivity contribution in [1.29, 1.82) is 0 Å². The largest absolute Gasteiger partial charge is 0.357 e. The molecule has 1 fully saturated rings. The Morgan fingerprint density at radius 3 is 2.79 bits per heavy atom. The van der Waals surface area contributed by atoms with Gasteiger partial charge in [-0.15, -0.1) is 34.2 Å². The van der Waals surface area contributed by atoms with E-state index in [0.717, 1.165) is 37.0 Å². The van der Waals surface area contributed by atoms with Gasteiger partial charge in [0, 0.05) is 38.2 Å². The molecule has 9 heteroatoms. The Balaban J connectivity index is 0.00000280. The summed E-state index contributed by atoms with van der Waals surface area (Å²) in [6.07, 6.45) is 3.05. The Hall–Kier alpha value is -2.17. The van der Waals surface area contributed by atoms with E-state index in [1.807, 2.05) is 46.7 Å². The minimum Gasteiger partial charge on any atom is -0.357 e. The third-order valence-electron chi connectivity index (χ3n) is 4.50. The second-order valence-electron chi connectivity index (χ2n) is 6.44. The van der Waals surface area contributed by atoms with E-state index in [-0.39, 0.29) is 35.9 Å². The molecule has 1 aromatic carbocycles. The summed E-state index contributed by atoms with van der Waals surface area (Å²) < 4.78 is 2.02. The molecule has 0 spiro atoms. The highest BCUT2D eigenvalue weighted by Crippen LogP contribution is 2.20. The second kappa shape index (κ2) is 11.0. The number of nitrogens with zero attached hydrogens (tertiary/aromatic N) is 5. The molecule has 1 aliphatic rings. The van der Waals surface area contributed by atoms with Crippen molar-refractivity contribution in [3.05, 3.63) is 42.5 Å². The van der Waals surface area contributed by atoms with Crippen LogP contribution in [0, 0.1) is 0 Å². The number of aliphatic imine (C=N–C) groups is 1. The lowest BCUT2D eigenvalue weighted by Crippen LogP contribution is -2.44. The molecule has 2 aromatic rings. The average Bonchev–Trinajstić information content (AvgIpc) is 3.28. The van der Waals surface area contributed by atoms with E-state index in [2.05, 4.69) is 32.7 Å². The maximum Gasteiger partial charge on any atom is 0.229 e. The first-order chi connectivity index (χ1) is 13.2. The smallest absolute Gasteiger partial charge is 0.229 e. The molecule has 0 bridgehead atoms. The third-order valence-corrected chi connectivity index (χ3v) is 4.50. The molecule has 1 aromatic heterocycles. The third kappa shape index (κ3) is 5.66. The van der Waals surface area contributed by atoms with Crippen molar-refractivity contribution in [3.63, 3.8) is 0 Å². The summed E-state index contributed by atoms with van der Waals surface area (Å²) >= 11 is 0. The minimum atomic E-state index is 0. The molecule has 1 saturated heterocycles. The number of hydrogen-bond acceptors (Lipinski definition) is 4. The molecule has 152 valence electrons. The van der Waals surface area contributed by atoms with E-state index >= 15 is 0 Å². The maximum absolute atomic E-state index is 12.4. The fourth-order valence-corrected chi connectivity index (χ4v) is 3.18. The molecule has 1 amide bonds. The molecule has 0 aliphatic carbocycles. The van der Waals surface area contributed by atoms with E-state index in [1.165, 1.54) is 0 Å². The minimum absolute atomic E-state index is 0. The number of rotatable bonds is 7. The van der Waals surface area contributed by atoms with E-state index in [4.69, 9.17) is 0 Å². The van der Waals surface area contributed by atoms with Crippen molar-refractivity contribution in [2.45, 2.75) is 39.3 Å². The highest BCUT2D eigenvalue weighted by molar-refractivity contribution is 14.0. The van der Waals surface area contributed by atoms with Gasteiger partial charge < -0.3 is 20.1 Å². The van der Waals surface area contributed by atoms with E-state index in [0.29, 0.717) is 19.5 Å². The number of para-hydroxylation sites is 1. The first-order valence-corrected chi connectivity index (χ1v) is 9.48. The van der Waals surface area contributed by atoms with Gasteiger partial charge in [0.05, 0.1) is 12.6 Å². The van der Waals surface area contributed by atoms with Gasteiger partial charge in [-0.05, 0) is 19.1 Å². The predicted octanol–water partition coefficient (Wildman–Crippen LogP) is 1.82. The van der Waals surface area contributed by atoms with Gasteiger partial charge in [-0.1, -0.05) is 25.1 Å². The Labute approximate surface area is 182 Å². The number of halogens is 1. The fraction of sp³-hybridized carbons (Fsp3) is 0.474. The highest BCUT2D eigenvalue weighted by Gasteiger charge is 2.31. The second-order valence-corrected chi connectivity index (χ2v) is 6.44. The Morgan fingerprint density at radius 1 is 1.29 bits per heavy atom. The molecule has 1 aliphatic heterocycles. The molecule has 2 N–H and O–H groups in total. The van der Waals surface area contributed by atoms with Crippen LogP contribution in [0.4, 0.5) is 5.69 Å². The molecule has 28 heavy (non-hydrogen) atoms. The summed E-state index contributed by atoms with van der Waals surface area (Å²) in [5, 5.41) is 14.7. The molecule has 8 nitrogen and oxygen atoms in total. The predicted molar refractivity (Wildman–Crippen MR) is 121 cm³/mol. The SMILES string of the molecule is CCNC(=NCCn1cnnc1CC)NC1CC(=O)N(c2ccccc2)C1.I. The van der Waals surface area contributed by atoms with Gasteiger partial charge >= 0.3 is 0 Å². The topological polar surface area (TPSA) is 87.4 Å². The zero-order valence-corrected chi connectivity index (χ0v) is 18.7. The maximum atomic E-state index is 12.4. The van der Waals surface area contributed by atoms with Gasteiger partial charge in [0.25, 0.3) is 0 Å². The van der Waals surface area contributed by atoms with Crippen LogP contribution >= 0.6 is 24.0 Å². The van der Waals surface area contributed by atoms with Crippen molar-refractivity contribution >= 4 is 41.5 Å². The van der Waals surface area contributed by atoms with Crippen LogP contribution in [-0.2, 0) is 17.8 Å². The van der Waals surface area contributed by atoms with Crippen LogP contribution in [0.3, 0.4) is 0 Å². The quantitative estimate of drug-likeness (QED) is 0.346. The summed E-state index contributed by atoms with van der Waals surface area (Å²) in [4.78, 5) is 18.8. The van der Waals surface area contributed by atoms with Gasteiger partial charge in [-0.2, -0.15) is 0 Å². The molecule has 1 atom stereocenters. The highest BCUT2D eigenvalue weighted by atomic mass is 127. The zero-order chi connectivity index (χ0) is 19.1. The summed E-state index contributed by atoms with van der Waals surface area (Å²) in [6.45, 7) is 6.84. The number of carbonyl (C=O) groups is 1. The number of anilines is 1. The number of aryl methyl sites for hydroxylation is 1. The van der Waals surface area contributed by atoms with Crippen molar-refractivity contribution in [3.8, 4) is 0 Å². The van der Waals surface area contributed by atoms with Crippen LogP contribution in [-0.4, -0.2) is 52.3 Å². The first-order valence-electron chi connectivity index (χ1n) is 9.48. The zero-order valence-electron chi connectivity index (χ0n) is 16.3. The molecule has 3 rings (SSSR count). The van der Waals surface area contributed by atoms with Crippen molar-refractivity contribution in [2.24, 2.45) is 4.99 Å². The van der Waals surface area contributed by atoms with Crippen LogP contribution in [0.5, 0.6) is 0 Å². The van der Waals surface area contributed by atoms with Gasteiger partial charge in [-0.25, -0.2) is 0 Å². The summed E-state index contributed by atoms with van der Waals surface area (Å²) in [6, 6.07) is 9.81. The number of amides is 1. The number of aromatic nitrogens is 3. The van der Waals surface area contributed by atoms with E-state index in [9.17, 15) is 4.79 Å². The lowest BCUT2D eigenvalue weighted by atomic mass is 10.2. The van der Waals surface area contributed by atoms with Crippen molar-refractivity contribution < 1.29 is 4.79 Å². The summed E-state index contributed by atoms with van der Waals surface area (Å²) in [5.41, 5.74) is 0.938. The normalized spacial score (nSPS) is 16.8. The van der Waals surface area contributed by atoms with Crippen LogP contribution in [0.25, 0.3) is 0 Å². The average molecular weight is 497 g/mol. The molecule has 1 unspecified atom stereocenters. The van der Waals surface area contributed by atoms with Gasteiger partial charge in [-0.3, -0.25) is 9.79 Å². The Kier molecular flexibility index (Phi) is 8.68. The number of carbonyl (C=O) groups excluding carboxylic acids is 1. The Morgan fingerprint density at radius 2 is 2.07 bits per heavy atom. The van der Waals surface area contributed by atoms with Gasteiger partial charge in [0.2, 0.25) is 5.91 Å². The summed E-state index contributed by atoms with van der Waals surface area (Å²) in [7, 11) is 0. The standard InChI is InChI=1S/C19H27N7O.HI/c1-3-17-24-22-14-25(17)11-10-21-19(20-4-2)23-15-12-18(27)26(13-15)16-8-6-5-7-9-16;/h5-9,14-15H,3-4,10-13H2,1-2H3,(H2,20,21,23);1H. The van der Waals surface area contributed by atoms with Gasteiger partial charge in [0.1, 0.15) is 12.2 Å². The lowest BCUT2D eigenvalue weighted by molar-refractivity contribution is -0.117. The monoisotopic (exact) mass is 497 g/mol. The van der Waals surface area contributed by atoms with Crippen LogP contribution in [0.1, 0.15) is 26.1 Å². The fourth-order valence-electron chi connectivity index (χ4n) is 3.18. The molecular formula is C19H28IN7O. The number of nitrogens with one attached hydrogen (secondary N) is 2. The molecule has 0 radical (unpaired) electrons. The molecule has 0 saturated carbocycles. The number of guanidine groups is 1.